The van der Waals surface area contributed by atoms with Gasteiger partial charge in [0.15, 0.2) is 5.78 Å². The zero-order valence-corrected chi connectivity index (χ0v) is 11.8. The second kappa shape index (κ2) is 5.71. The molecule has 1 aromatic heterocycles. The lowest BCUT2D eigenvalue weighted by Crippen LogP contribution is -2.09. The number of aromatic nitrogens is 2. The summed E-state index contributed by atoms with van der Waals surface area (Å²) >= 11 is 6.14. The summed E-state index contributed by atoms with van der Waals surface area (Å²) < 4.78 is 27.7. The molecule has 6 heteroatoms. The molecule has 2 aromatic rings. The summed E-state index contributed by atoms with van der Waals surface area (Å²) in [6.45, 7) is 1.90. The van der Waals surface area contributed by atoms with Crippen LogP contribution in [0.3, 0.4) is 0 Å². The monoisotopic (exact) mass is 298 g/mol. The molecule has 0 atom stereocenters. The summed E-state index contributed by atoms with van der Waals surface area (Å²) in [5.41, 5.74) is 1.22. The number of halogens is 3. The van der Waals surface area contributed by atoms with Crippen LogP contribution in [0, 0.1) is 11.6 Å². The molecule has 0 aliphatic heterocycles. The molecule has 20 heavy (non-hydrogen) atoms. The third-order valence-electron chi connectivity index (χ3n) is 3.02. The Hall–Kier alpha value is -1.75. The standard InChI is InChI=1S/C14H13ClF2N2O/c1-3-11-14(15)12(19(2)18-11)7-13(20)8-4-9(16)6-10(17)5-8/h4-6H,3,7H2,1-2H3. The largest absolute Gasteiger partial charge is 0.294 e. The molecule has 0 bridgehead atoms. The minimum atomic E-state index is -0.779. The minimum absolute atomic E-state index is 0.0159. The number of hydrogen-bond donors (Lipinski definition) is 0. The molecule has 3 nitrogen and oxygen atoms in total. The lowest BCUT2D eigenvalue weighted by molar-refractivity contribution is 0.0990. The Kier molecular flexibility index (Phi) is 4.18. The predicted molar refractivity (Wildman–Crippen MR) is 72.0 cm³/mol. The summed E-state index contributed by atoms with van der Waals surface area (Å²) in [5.74, 6) is -1.96. The number of benzene rings is 1. The van der Waals surface area contributed by atoms with Crippen molar-refractivity contribution in [3.8, 4) is 0 Å². The van der Waals surface area contributed by atoms with E-state index in [1.165, 1.54) is 4.68 Å². The molecule has 1 heterocycles. The summed E-state index contributed by atoms with van der Waals surface area (Å²) in [4.78, 5) is 12.1. The maximum atomic E-state index is 13.1. The fourth-order valence-electron chi connectivity index (χ4n) is 1.98. The highest BCUT2D eigenvalue weighted by molar-refractivity contribution is 6.32. The van der Waals surface area contributed by atoms with Gasteiger partial charge in [0.2, 0.25) is 0 Å². The van der Waals surface area contributed by atoms with Gasteiger partial charge >= 0.3 is 0 Å². The van der Waals surface area contributed by atoms with E-state index >= 15 is 0 Å². The quantitative estimate of drug-likeness (QED) is 0.812. The summed E-state index contributed by atoms with van der Waals surface area (Å²) in [6.07, 6.45) is 0.598. The van der Waals surface area contributed by atoms with Gasteiger partial charge in [0.1, 0.15) is 11.6 Å². The molecule has 0 aliphatic rings. The van der Waals surface area contributed by atoms with Gasteiger partial charge in [-0.3, -0.25) is 9.48 Å². The van der Waals surface area contributed by atoms with Crippen LogP contribution in [0.1, 0.15) is 28.7 Å². The Morgan fingerprint density at radius 2 is 1.90 bits per heavy atom. The van der Waals surface area contributed by atoms with Crippen molar-refractivity contribution < 1.29 is 13.6 Å². The van der Waals surface area contributed by atoms with E-state index in [1.807, 2.05) is 6.92 Å². The molecule has 0 amide bonds. The van der Waals surface area contributed by atoms with Crippen LogP contribution >= 0.6 is 11.6 Å². The molecule has 1 aromatic carbocycles. The SMILES string of the molecule is CCc1nn(C)c(CC(=O)c2cc(F)cc(F)c2)c1Cl. The highest BCUT2D eigenvalue weighted by atomic mass is 35.5. The fraction of sp³-hybridized carbons (Fsp3) is 0.286. The number of carbonyl (C=O) groups is 1. The van der Waals surface area contributed by atoms with Crippen molar-refractivity contribution in [1.29, 1.82) is 0 Å². The molecule has 0 spiro atoms. The van der Waals surface area contributed by atoms with E-state index in [-0.39, 0.29) is 12.0 Å². The second-order valence-corrected chi connectivity index (χ2v) is 4.82. The Balaban J connectivity index is 2.30. The van der Waals surface area contributed by atoms with Gasteiger partial charge in [-0.1, -0.05) is 18.5 Å². The first-order valence-electron chi connectivity index (χ1n) is 6.12. The van der Waals surface area contributed by atoms with Gasteiger partial charge in [-0.2, -0.15) is 5.10 Å². The third-order valence-corrected chi connectivity index (χ3v) is 3.45. The smallest absolute Gasteiger partial charge is 0.169 e. The Labute approximate surface area is 120 Å². The van der Waals surface area contributed by atoms with Crippen LogP contribution < -0.4 is 0 Å². The van der Waals surface area contributed by atoms with Crippen LogP contribution in [0.15, 0.2) is 18.2 Å². The number of hydrogen-bond acceptors (Lipinski definition) is 2. The normalized spacial score (nSPS) is 10.8. The number of rotatable bonds is 4. The van der Waals surface area contributed by atoms with Gasteiger partial charge < -0.3 is 0 Å². The molecule has 0 radical (unpaired) electrons. The molecular weight excluding hydrogens is 286 g/mol. The number of nitrogens with zero attached hydrogens (tertiary/aromatic N) is 2. The molecule has 106 valence electrons. The predicted octanol–water partition coefficient (Wildman–Crippen LogP) is 3.34. The van der Waals surface area contributed by atoms with Gasteiger partial charge in [0.25, 0.3) is 0 Å². The fourth-order valence-corrected chi connectivity index (χ4v) is 2.34. The average Bonchev–Trinajstić information content (AvgIpc) is 2.65. The topological polar surface area (TPSA) is 34.9 Å². The van der Waals surface area contributed by atoms with Crippen molar-refractivity contribution in [3.05, 3.63) is 51.8 Å². The van der Waals surface area contributed by atoms with Gasteiger partial charge in [-0.05, 0) is 18.6 Å². The first-order chi connectivity index (χ1) is 9.42. The molecule has 0 N–H and O–H groups in total. The van der Waals surface area contributed by atoms with Crippen molar-refractivity contribution in [2.45, 2.75) is 19.8 Å². The Morgan fingerprint density at radius 3 is 2.40 bits per heavy atom. The van der Waals surface area contributed by atoms with Crippen LogP contribution in [-0.4, -0.2) is 15.6 Å². The molecule has 2 rings (SSSR count). The van der Waals surface area contributed by atoms with E-state index in [2.05, 4.69) is 5.10 Å². The molecule has 0 aliphatic carbocycles. The lowest BCUT2D eigenvalue weighted by Gasteiger charge is -2.03. The van der Waals surface area contributed by atoms with Crippen LogP contribution in [0.4, 0.5) is 8.78 Å². The number of carbonyl (C=O) groups excluding carboxylic acids is 1. The Bertz CT molecular complexity index is 647. The van der Waals surface area contributed by atoms with Crippen molar-refractivity contribution in [1.82, 2.24) is 9.78 Å². The number of Topliss-reactive ketones (excluding diaryl/α,β-unsaturated/α-hetero) is 1. The maximum absolute atomic E-state index is 13.1. The van der Waals surface area contributed by atoms with Gasteiger partial charge in [-0.25, -0.2) is 8.78 Å². The number of aryl methyl sites for hydroxylation is 2. The molecule has 0 unspecified atom stereocenters. The van der Waals surface area contributed by atoms with Crippen molar-refractivity contribution in [2.24, 2.45) is 7.05 Å². The second-order valence-electron chi connectivity index (χ2n) is 4.44. The highest BCUT2D eigenvalue weighted by Gasteiger charge is 2.18. The highest BCUT2D eigenvalue weighted by Crippen LogP contribution is 2.22. The van der Waals surface area contributed by atoms with Crippen molar-refractivity contribution in [2.75, 3.05) is 0 Å². The van der Waals surface area contributed by atoms with E-state index < -0.39 is 17.4 Å². The van der Waals surface area contributed by atoms with Gasteiger partial charge in [0, 0.05) is 18.7 Å². The van der Waals surface area contributed by atoms with Gasteiger partial charge in [0.05, 0.1) is 22.8 Å². The van der Waals surface area contributed by atoms with Crippen LogP contribution in [0.5, 0.6) is 0 Å². The third kappa shape index (κ3) is 2.88. The van der Waals surface area contributed by atoms with E-state index in [0.717, 1.165) is 18.2 Å². The zero-order chi connectivity index (χ0) is 14.9. The lowest BCUT2D eigenvalue weighted by atomic mass is 10.1. The molecule has 0 saturated heterocycles. The van der Waals surface area contributed by atoms with E-state index in [0.29, 0.717) is 22.8 Å². The first kappa shape index (κ1) is 14.7. The Morgan fingerprint density at radius 1 is 1.30 bits per heavy atom. The summed E-state index contributed by atoms with van der Waals surface area (Å²) in [5, 5.41) is 4.63. The van der Waals surface area contributed by atoms with E-state index in [1.54, 1.807) is 7.05 Å². The van der Waals surface area contributed by atoms with E-state index in [9.17, 15) is 13.6 Å². The summed E-state index contributed by atoms with van der Waals surface area (Å²) in [6, 6.07) is 2.75. The molecular formula is C14H13ClF2N2O. The number of ketones is 1. The van der Waals surface area contributed by atoms with Gasteiger partial charge in [-0.15, -0.1) is 0 Å². The minimum Gasteiger partial charge on any atom is -0.294 e. The molecule has 0 fully saturated rings. The average molecular weight is 299 g/mol. The van der Waals surface area contributed by atoms with Crippen molar-refractivity contribution in [3.63, 3.8) is 0 Å². The maximum Gasteiger partial charge on any atom is 0.169 e. The zero-order valence-electron chi connectivity index (χ0n) is 11.1. The summed E-state index contributed by atoms with van der Waals surface area (Å²) in [7, 11) is 1.68. The van der Waals surface area contributed by atoms with Crippen LogP contribution in [0.25, 0.3) is 0 Å². The van der Waals surface area contributed by atoms with Crippen LogP contribution in [-0.2, 0) is 19.9 Å². The van der Waals surface area contributed by atoms with Crippen LogP contribution in [0.2, 0.25) is 5.02 Å². The molecule has 0 saturated carbocycles. The van der Waals surface area contributed by atoms with Crippen molar-refractivity contribution >= 4 is 17.4 Å². The first-order valence-corrected chi connectivity index (χ1v) is 6.49. The van der Waals surface area contributed by atoms with E-state index in [4.69, 9.17) is 11.6 Å².